The van der Waals surface area contributed by atoms with Crippen molar-refractivity contribution in [1.82, 2.24) is 9.88 Å². The highest BCUT2D eigenvalue weighted by atomic mass is 16.5. The largest absolute Gasteiger partial charge is 0.373 e. The van der Waals surface area contributed by atoms with Gasteiger partial charge in [-0.3, -0.25) is 4.79 Å². The number of pyridine rings is 1. The molecule has 2 atom stereocenters. The number of anilines is 1. The number of rotatable bonds is 4. The first-order valence-electron chi connectivity index (χ1n) is 7.67. The molecule has 0 aliphatic carbocycles. The minimum absolute atomic E-state index is 0.0632. The summed E-state index contributed by atoms with van der Waals surface area (Å²) in [6.45, 7) is 7.40. The van der Waals surface area contributed by atoms with Crippen molar-refractivity contribution in [1.29, 1.82) is 0 Å². The Bertz CT molecular complexity index is 494. The third-order valence-corrected chi connectivity index (χ3v) is 3.59. The van der Waals surface area contributed by atoms with Crippen LogP contribution in [0.1, 0.15) is 43.2 Å². The first-order valence-corrected chi connectivity index (χ1v) is 7.67. The molecule has 0 bridgehead atoms. The van der Waals surface area contributed by atoms with Gasteiger partial charge >= 0.3 is 0 Å². The Hall–Kier alpha value is -1.62. The zero-order chi connectivity index (χ0) is 15.4. The van der Waals surface area contributed by atoms with Crippen molar-refractivity contribution in [2.24, 2.45) is 0 Å². The molecule has 1 aliphatic heterocycles. The molecule has 1 N–H and O–H groups in total. The number of ether oxygens (including phenoxy) is 1. The summed E-state index contributed by atoms with van der Waals surface area (Å²) >= 11 is 0. The number of nitrogens with one attached hydrogen (secondary N) is 1. The molecule has 21 heavy (non-hydrogen) atoms. The van der Waals surface area contributed by atoms with E-state index < -0.39 is 0 Å². The van der Waals surface area contributed by atoms with Crippen LogP contribution in [0.2, 0.25) is 0 Å². The minimum Gasteiger partial charge on any atom is -0.373 e. The van der Waals surface area contributed by atoms with Gasteiger partial charge < -0.3 is 15.0 Å². The molecule has 0 aromatic carbocycles. The molecule has 0 spiro atoms. The average Bonchev–Trinajstić information content (AvgIpc) is 2.45. The Morgan fingerprint density at radius 1 is 1.38 bits per heavy atom. The minimum atomic E-state index is 0.0632. The molecule has 1 saturated heterocycles. The van der Waals surface area contributed by atoms with E-state index in [0.717, 1.165) is 24.4 Å². The van der Waals surface area contributed by atoms with Crippen molar-refractivity contribution in [2.75, 3.05) is 25.5 Å². The van der Waals surface area contributed by atoms with E-state index in [9.17, 15) is 4.79 Å². The van der Waals surface area contributed by atoms with Gasteiger partial charge in [0.2, 0.25) is 0 Å². The van der Waals surface area contributed by atoms with E-state index >= 15 is 0 Å². The third kappa shape index (κ3) is 3.94. The van der Waals surface area contributed by atoms with E-state index in [1.165, 1.54) is 0 Å². The normalized spacial score (nSPS) is 22.2. The molecule has 5 nitrogen and oxygen atoms in total. The lowest BCUT2D eigenvalue weighted by molar-refractivity contribution is -0.0586. The van der Waals surface area contributed by atoms with Gasteiger partial charge in [-0.25, -0.2) is 4.98 Å². The van der Waals surface area contributed by atoms with Crippen molar-refractivity contribution in [3.05, 3.63) is 23.4 Å². The van der Waals surface area contributed by atoms with Gasteiger partial charge in [-0.15, -0.1) is 0 Å². The lowest BCUT2D eigenvalue weighted by Gasteiger charge is -2.35. The van der Waals surface area contributed by atoms with Crippen molar-refractivity contribution in [3.63, 3.8) is 0 Å². The maximum absolute atomic E-state index is 12.7. The SMILES string of the molecule is CCCc1cc(C(=O)N2CC(C)OC(C)C2)cc(NC)n1. The molecule has 1 amide bonds. The number of nitrogens with zero attached hydrogens (tertiary/aromatic N) is 2. The highest BCUT2D eigenvalue weighted by Crippen LogP contribution is 2.17. The summed E-state index contributed by atoms with van der Waals surface area (Å²) in [6.07, 6.45) is 2.06. The Balaban J connectivity index is 2.23. The molecular formula is C16H25N3O2. The molecule has 1 aliphatic rings. The first kappa shape index (κ1) is 15.8. The molecule has 2 heterocycles. The Kier molecular flexibility index (Phi) is 5.17. The van der Waals surface area contributed by atoms with Crippen LogP contribution < -0.4 is 5.32 Å². The Labute approximate surface area is 126 Å². The molecule has 1 aromatic rings. The van der Waals surface area contributed by atoms with Gasteiger partial charge in [-0.1, -0.05) is 13.3 Å². The molecule has 0 radical (unpaired) electrons. The number of morpholine rings is 1. The second-order valence-corrected chi connectivity index (χ2v) is 5.70. The quantitative estimate of drug-likeness (QED) is 0.925. The third-order valence-electron chi connectivity index (χ3n) is 3.59. The zero-order valence-electron chi connectivity index (χ0n) is 13.3. The van der Waals surface area contributed by atoms with E-state index in [-0.39, 0.29) is 18.1 Å². The van der Waals surface area contributed by atoms with Gasteiger partial charge in [-0.05, 0) is 32.4 Å². The molecule has 0 saturated carbocycles. The fraction of sp³-hybridized carbons (Fsp3) is 0.625. The van der Waals surface area contributed by atoms with Crippen LogP contribution >= 0.6 is 0 Å². The van der Waals surface area contributed by atoms with Crippen LogP contribution in [0.3, 0.4) is 0 Å². The van der Waals surface area contributed by atoms with Gasteiger partial charge in [0.1, 0.15) is 5.82 Å². The van der Waals surface area contributed by atoms with Gasteiger partial charge in [0, 0.05) is 31.4 Å². The summed E-state index contributed by atoms with van der Waals surface area (Å²) in [5.41, 5.74) is 1.67. The van der Waals surface area contributed by atoms with Crippen LogP contribution in [0.15, 0.2) is 12.1 Å². The van der Waals surface area contributed by atoms with Crippen LogP contribution in [0.4, 0.5) is 5.82 Å². The van der Waals surface area contributed by atoms with Crippen LogP contribution in [-0.2, 0) is 11.2 Å². The number of aryl methyl sites for hydroxylation is 1. The number of aromatic nitrogens is 1. The maximum atomic E-state index is 12.7. The molecule has 1 fully saturated rings. The van der Waals surface area contributed by atoms with E-state index in [1.54, 1.807) is 0 Å². The van der Waals surface area contributed by atoms with Crippen LogP contribution in [-0.4, -0.2) is 48.1 Å². The van der Waals surface area contributed by atoms with Crippen LogP contribution in [0.25, 0.3) is 0 Å². The predicted octanol–water partition coefficient (Wildman–Crippen LogP) is 2.33. The second-order valence-electron chi connectivity index (χ2n) is 5.70. The van der Waals surface area contributed by atoms with Crippen molar-refractivity contribution < 1.29 is 9.53 Å². The number of hydrogen-bond donors (Lipinski definition) is 1. The average molecular weight is 291 g/mol. The standard InChI is InChI=1S/C16H25N3O2/c1-5-6-14-7-13(8-15(17-4)18-14)16(20)19-9-11(2)21-12(3)10-19/h7-8,11-12H,5-6,9-10H2,1-4H3,(H,17,18). The summed E-state index contributed by atoms with van der Waals surface area (Å²) in [4.78, 5) is 19.1. The highest BCUT2D eigenvalue weighted by Gasteiger charge is 2.27. The molecule has 1 aromatic heterocycles. The van der Waals surface area contributed by atoms with E-state index in [1.807, 2.05) is 37.9 Å². The number of carbonyl (C=O) groups excluding carboxylic acids is 1. The smallest absolute Gasteiger partial charge is 0.254 e. The van der Waals surface area contributed by atoms with Gasteiger partial charge in [0.05, 0.1) is 12.2 Å². The summed E-state index contributed by atoms with van der Waals surface area (Å²) < 4.78 is 5.69. The topological polar surface area (TPSA) is 54.5 Å². The van der Waals surface area contributed by atoms with E-state index in [0.29, 0.717) is 18.7 Å². The van der Waals surface area contributed by atoms with Crippen molar-refractivity contribution in [2.45, 2.75) is 45.8 Å². The van der Waals surface area contributed by atoms with Crippen LogP contribution in [0, 0.1) is 0 Å². The monoisotopic (exact) mass is 291 g/mol. The van der Waals surface area contributed by atoms with Crippen molar-refractivity contribution in [3.8, 4) is 0 Å². The molecule has 5 heteroatoms. The van der Waals surface area contributed by atoms with Gasteiger partial charge in [0.25, 0.3) is 5.91 Å². The summed E-state index contributed by atoms with van der Waals surface area (Å²) in [5.74, 6) is 0.812. The zero-order valence-corrected chi connectivity index (χ0v) is 13.3. The summed E-state index contributed by atoms with van der Waals surface area (Å²) in [6, 6.07) is 3.74. The second kappa shape index (κ2) is 6.89. The Morgan fingerprint density at radius 2 is 2.05 bits per heavy atom. The van der Waals surface area contributed by atoms with Crippen LogP contribution in [0.5, 0.6) is 0 Å². The fourth-order valence-electron chi connectivity index (χ4n) is 2.75. The molecule has 2 rings (SSSR count). The van der Waals surface area contributed by atoms with E-state index in [4.69, 9.17) is 4.74 Å². The summed E-state index contributed by atoms with van der Waals surface area (Å²) in [7, 11) is 1.82. The van der Waals surface area contributed by atoms with Gasteiger partial charge in [0.15, 0.2) is 0 Å². The molecular weight excluding hydrogens is 266 g/mol. The predicted molar refractivity (Wildman–Crippen MR) is 83.7 cm³/mol. The first-order chi connectivity index (χ1) is 10.0. The number of amides is 1. The summed E-state index contributed by atoms with van der Waals surface area (Å²) in [5, 5.41) is 3.03. The fourth-order valence-corrected chi connectivity index (χ4v) is 2.75. The van der Waals surface area contributed by atoms with E-state index in [2.05, 4.69) is 17.2 Å². The number of carbonyl (C=O) groups is 1. The number of hydrogen-bond acceptors (Lipinski definition) is 4. The Morgan fingerprint density at radius 3 is 2.62 bits per heavy atom. The molecule has 2 unspecified atom stereocenters. The van der Waals surface area contributed by atoms with Gasteiger partial charge in [-0.2, -0.15) is 0 Å². The lowest BCUT2D eigenvalue weighted by atomic mass is 10.1. The van der Waals surface area contributed by atoms with Crippen molar-refractivity contribution >= 4 is 11.7 Å². The maximum Gasteiger partial charge on any atom is 0.254 e. The molecule has 116 valence electrons. The highest BCUT2D eigenvalue weighted by molar-refractivity contribution is 5.95. The lowest BCUT2D eigenvalue weighted by Crippen LogP contribution is -2.48.